The number of hydrogen-bond acceptors (Lipinski definition) is 4. The largest absolute Gasteiger partial charge is 0.341 e. The highest BCUT2D eigenvalue weighted by molar-refractivity contribution is 7.91. The molecule has 2 rings (SSSR count). The van der Waals surface area contributed by atoms with Crippen molar-refractivity contribution in [1.29, 1.82) is 0 Å². The molecule has 1 aliphatic heterocycles. The van der Waals surface area contributed by atoms with E-state index in [1.54, 1.807) is 18.0 Å². The Kier molecular flexibility index (Phi) is 5.94. The van der Waals surface area contributed by atoms with Crippen LogP contribution in [0.2, 0.25) is 10.0 Å². The van der Waals surface area contributed by atoms with Gasteiger partial charge in [-0.3, -0.25) is 9.69 Å². The Morgan fingerprint density at radius 2 is 2.00 bits per heavy atom. The molecule has 1 atom stereocenters. The minimum absolute atomic E-state index is 0.0546. The van der Waals surface area contributed by atoms with Crippen LogP contribution in [0, 0.1) is 0 Å². The van der Waals surface area contributed by atoms with Crippen LogP contribution in [0.4, 0.5) is 0 Å². The SMILES string of the molecule is CN(CC(=O)N(C)C1CCS(=O)(=O)C1)Cc1cccc(Cl)c1Cl. The third kappa shape index (κ3) is 4.83. The lowest BCUT2D eigenvalue weighted by Gasteiger charge is -2.26. The topological polar surface area (TPSA) is 57.7 Å². The highest BCUT2D eigenvalue weighted by Gasteiger charge is 2.32. The Balaban J connectivity index is 1.93. The van der Waals surface area contributed by atoms with E-state index in [1.165, 1.54) is 0 Å². The van der Waals surface area contributed by atoms with E-state index < -0.39 is 9.84 Å². The van der Waals surface area contributed by atoms with Crippen LogP contribution in [0.1, 0.15) is 12.0 Å². The monoisotopic (exact) mass is 378 g/mol. The lowest BCUT2D eigenvalue weighted by molar-refractivity contribution is -0.132. The van der Waals surface area contributed by atoms with Crippen LogP contribution in [0.5, 0.6) is 0 Å². The Hall–Kier alpha value is -0.820. The number of amides is 1. The standard InChI is InChI=1S/C15H20Cl2N2O3S/c1-18(8-11-4-3-5-13(16)15(11)17)9-14(20)19(2)12-6-7-23(21,22)10-12/h3-5,12H,6-10H2,1-2H3. The lowest BCUT2D eigenvalue weighted by Crippen LogP contribution is -2.42. The van der Waals surface area contributed by atoms with E-state index in [4.69, 9.17) is 23.2 Å². The zero-order valence-electron chi connectivity index (χ0n) is 13.1. The molecular formula is C15H20Cl2N2O3S. The highest BCUT2D eigenvalue weighted by Crippen LogP contribution is 2.26. The van der Waals surface area contributed by atoms with Crippen molar-refractivity contribution in [3.8, 4) is 0 Å². The van der Waals surface area contributed by atoms with Crippen molar-refractivity contribution in [2.75, 3.05) is 32.1 Å². The number of sulfone groups is 1. The molecule has 1 unspecified atom stereocenters. The van der Waals surface area contributed by atoms with Gasteiger partial charge in [0.05, 0.1) is 28.1 Å². The highest BCUT2D eigenvalue weighted by atomic mass is 35.5. The van der Waals surface area contributed by atoms with E-state index in [2.05, 4.69) is 0 Å². The van der Waals surface area contributed by atoms with Gasteiger partial charge in [-0.25, -0.2) is 8.42 Å². The van der Waals surface area contributed by atoms with Gasteiger partial charge in [0.25, 0.3) is 0 Å². The van der Waals surface area contributed by atoms with Crippen LogP contribution >= 0.6 is 23.2 Å². The molecular weight excluding hydrogens is 359 g/mol. The Bertz CT molecular complexity index is 694. The molecule has 5 nitrogen and oxygen atoms in total. The quantitative estimate of drug-likeness (QED) is 0.786. The van der Waals surface area contributed by atoms with Crippen molar-refractivity contribution in [1.82, 2.24) is 9.80 Å². The number of hydrogen-bond donors (Lipinski definition) is 0. The Morgan fingerprint density at radius 3 is 2.61 bits per heavy atom. The molecule has 0 radical (unpaired) electrons. The van der Waals surface area contributed by atoms with Crippen molar-refractivity contribution in [2.45, 2.75) is 19.0 Å². The van der Waals surface area contributed by atoms with Gasteiger partial charge in [0.15, 0.2) is 9.84 Å². The number of carbonyl (C=O) groups excluding carboxylic acids is 1. The van der Waals surface area contributed by atoms with E-state index >= 15 is 0 Å². The summed E-state index contributed by atoms with van der Waals surface area (Å²) in [6, 6.07) is 5.17. The van der Waals surface area contributed by atoms with Crippen molar-refractivity contribution in [3.05, 3.63) is 33.8 Å². The van der Waals surface area contributed by atoms with Gasteiger partial charge in [0.1, 0.15) is 0 Å². The second-order valence-electron chi connectivity index (χ2n) is 5.95. The van der Waals surface area contributed by atoms with Gasteiger partial charge < -0.3 is 4.90 Å². The number of benzene rings is 1. The molecule has 23 heavy (non-hydrogen) atoms. The van der Waals surface area contributed by atoms with Gasteiger partial charge in [-0.05, 0) is 25.1 Å². The molecule has 0 saturated carbocycles. The van der Waals surface area contributed by atoms with Gasteiger partial charge >= 0.3 is 0 Å². The zero-order valence-corrected chi connectivity index (χ0v) is 15.5. The number of carbonyl (C=O) groups is 1. The third-order valence-corrected chi connectivity index (χ3v) is 6.63. The van der Waals surface area contributed by atoms with E-state index in [9.17, 15) is 13.2 Å². The van der Waals surface area contributed by atoms with Crippen LogP contribution in [-0.4, -0.2) is 62.3 Å². The molecule has 1 fully saturated rings. The van der Waals surface area contributed by atoms with Gasteiger partial charge in [0, 0.05) is 19.6 Å². The zero-order chi connectivity index (χ0) is 17.2. The predicted molar refractivity (Wildman–Crippen MR) is 92.6 cm³/mol. The van der Waals surface area contributed by atoms with Crippen LogP contribution in [0.3, 0.4) is 0 Å². The molecule has 1 aromatic rings. The van der Waals surface area contributed by atoms with Crippen molar-refractivity contribution in [3.63, 3.8) is 0 Å². The molecule has 0 spiro atoms. The maximum absolute atomic E-state index is 12.3. The Labute approximate surface area is 147 Å². The van der Waals surface area contributed by atoms with Crippen LogP contribution in [0.25, 0.3) is 0 Å². The lowest BCUT2D eigenvalue weighted by atomic mass is 10.2. The summed E-state index contributed by atoms with van der Waals surface area (Å²) in [6.45, 7) is 0.678. The fourth-order valence-corrected chi connectivity index (χ4v) is 4.80. The van der Waals surface area contributed by atoms with Gasteiger partial charge in [-0.2, -0.15) is 0 Å². The van der Waals surface area contributed by atoms with E-state index in [0.717, 1.165) is 5.56 Å². The molecule has 8 heteroatoms. The van der Waals surface area contributed by atoms with Gasteiger partial charge in [-0.1, -0.05) is 35.3 Å². The second kappa shape index (κ2) is 7.38. The van der Waals surface area contributed by atoms with E-state index in [0.29, 0.717) is 23.0 Å². The van der Waals surface area contributed by atoms with Gasteiger partial charge in [0.2, 0.25) is 5.91 Å². The first-order chi connectivity index (χ1) is 10.7. The number of nitrogens with zero attached hydrogens (tertiary/aromatic N) is 2. The maximum atomic E-state index is 12.3. The fraction of sp³-hybridized carbons (Fsp3) is 0.533. The molecule has 1 aromatic carbocycles. The van der Waals surface area contributed by atoms with E-state index in [-0.39, 0.29) is 30.0 Å². The molecule has 1 heterocycles. The van der Waals surface area contributed by atoms with Crippen LogP contribution < -0.4 is 0 Å². The molecule has 1 amide bonds. The first-order valence-corrected chi connectivity index (χ1v) is 9.85. The third-order valence-electron chi connectivity index (χ3n) is 4.03. The first-order valence-electron chi connectivity index (χ1n) is 7.27. The minimum Gasteiger partial charge on any atom is -0.341 e. The summed E-state index contributed by atoms with van der Waals surface area (Å²) in [4.78, 5) is 15.7. The normalized spacial score (nSPS) is 20.0. The van der Waals surface area contributed by atoms with E-state index in [1.807, 2.05) is 24.1 Å². The summed E-state index contributed by atoms with van der Waals surface area (Å²) < 4.78 is 23.1. The number of likely N-dealkylation sites (N-methyl/N-ethyl adjacent to an activating group) is 2. The van der Waals surface area contributed by atoms with Gasteiger partial charge in [-0.15, -0.1) is 0 Å². The van der Waals surface area contributed by atoms with Crippen LogP contribution in [0.15, 0.2) is 18.2 Å². The molecule has 0 aliphatic carbocycles. The predicted octanol–water partition coefficient (Wildman–Crippen LogP) is 2.07. The first kappa shape index (κ1) is 18.5. The van der Waals surface area contributed by atoms with Crippen molar-refractivity contribution < 1.29 is 13.2 Å². The summed E-state index contributed by atoms with van der Waals surface area (Å²) in [7, 11) is 0.474. The molecule has 1 aliphatic rings. The molecule has 0 aromatic heterocycles. The van der Waals surface area contributed by atoms with Crippen LogP contribution in [-0.2, 0) is 21.2 Å². The van der Waals surface area contributed by atoms with Crippen molar-refractivity contribution in [2.24, 2.45) is 0 Å². The number of halogens is 2. The fourth-order valence-electron chi connectivity index (χ4n) is 2.64. The summed E-state index contributed by atoms with van der Waals surface area (Å²) in [5.41, 5.74) is 0.848. The molecule has 128 valence electrons. The Morgan fingerprint density at radius 1 is 1.30 bits per heavy atom. The average molecular weight is 379 g/mol. The second-order valence-corrected chi connectivity index (χ2v) is 8.96. The molecule has 0 bridgehead atoms. The summed E-state index contributed by atoms with van der Waals surface area (Å²) in [5.74, 6) is 0.107. The minimum atomic E-state index is -3.00. The maximum Gasteiger partial charge on any atom is 0.236 e. The summed E-state index contributed by atoms with van der Waals surface area (Å²) in [5, 5.41) is 0.973. The summed E-state index contributed by atoms with van der Waals surface area (Å²) >= 11 is 12.1. The summed E-state index contributed by atoms with van der Waals surface area (Å²) in [6.07, 6.45) is 0.508. The average Bonchev–Trinajstić information content (AvgIpc) is 2.83. The van der Waals surface area contributed by atoms with Crippen molar-refractivity contribution >= 4 is 38.9 Å². The molecule has 0 N–H and O–H groups in total. The number of rotatable bonds is 5. The molecule has 1 saturated heterocycles. The smallest absolute Gasteiger partial charge is 0.236 e.